The van der Waals surface area contributed by atoms with Crippen LogP contribution in [0.2, 0.25) is 0 Å². The number of carboxylic acids is 2. The van der Waals surface area contributed by atoms with Crippen LogP contribution in [0.25, 0.3) is 11.1 Å². The van der Waals surface area contributed by atoms with Crippen LogP contribution in [0.3, 0.4) is 0 Å². The molecule has 8 nitrogen and oxygen atoms in total. The molecular formula is C44H56N2O6. The van der Waals surface area contributed by atoms with Crippen molar-refractivity contribution in [2.75, 3.05) is 55.8 Å². The van der Waals surface area contributed by atoms with E-state index in [1.54, 1.807) is 0 Å². The Labute approximate surface area is 309 Å². The number of anilines is 2. The summed E-state index contributed by atoms with van der Waals surface area (Å²) in [5, 5.41) is 21.5. The molecule has 0 atom stereocenters. The quantitative estimate of drug-likeness (QED) is 0.151. The van der Waals surface area contributed by atoms with Gasteiger partial charge in [0.25, 0.3) is 0 Å². The van der Waals surface area contributed by atoms with Gasteiger partial charge in [-0.15, -0.1) is 0 Å². The number of nitrogens with zero attached hydrogens (tertiary/aromatic N) is 2. The van der Waals surface area contributed by atoms with Gasteiger partial charge in [0.2, 0.25) is 0 Å². The van der Waals surface area contributed by atoms with Crippen LogP contribution in [0.15, 0.2) is 77.9 Å². The van der Waals surface area contributed by atoms with Crippen molar-refractivity contribution < 1.29 is 29.3 Å². The lowest BCUT2D eigenvalue weighted by Gasteiger charge is -2.33. The van der Waals surface area contributed by atoms with Crippen molar-refractivity contribution in [3.8, 4) is 5.75 Å². The van der Waals surface area contributed by atoms with E-state index in [0.29, 0.717) is 96.5 Å². The predicted octanol–water partition coefficient (Wildman–Crippen LogP) is 9.17. The highest BCUT2D eigenvalue weighted by molar-refractivity contribution is 6.06. The highest BCUT2D eigenvalue weighted by atomic mass is 16.5. The van der Waals surface area contributed by atoms with Crippen LogP contribution in [0.1, 0.15) is 95.4 Å². The van der Waals surface area contributed by atoms with Gasteiger partial charge in [-0.05, 0) is 73.8 Å². The summed E-state index contributed by atoms with van der Waals surface area (Å²) in [5.41, 5.74) is 6.97. The Bertz CT molecular complexity index is 1770. The first kappa shape index (κ1) is 38.7. The summed E-state index contributed by atoms with van der Waals surface area (Å²) >= 11 is 0. The van der Waals surface area contributed by atoms with Gasteiger partial charge in [0.05, 0.1) is 6.61 Å². The first-order valence-electron chi connectivity index (χ1n) is 19.1. The Morgan fingerprint density at radius 3 is 1.77 bits per heavy atom. The molecule has 0 saturated carbocycles. The molecule has 0 bridgehead atoms. The molecule has 3 aromatic rings. The van der Waals surface area contributed by atoms with Crippen LogP contribution in [0.4, 0.5) is 11.4 Å². The number of fused-ring (bicyclic) bond motifs is 2. The molecular weight excluding hydrogens is 652 g/mol. The highest BCUT2D eigenvalue weighted by Crippen LogP contribution is 2.44. The summed E-state index contributed by atoms with van der Waals surface area (Å²) in [6.45, 7) is 15.5. The van der Waals surface area contributed by atoms with E-state index in [1.165, 1.54) is 0 Å². The lowest BCUT2D eigenvalue weighted by molar-refractivity contribution is -0.133. The zero-order valence-electron chi connectivity index (χ0n) is 31.6. The van der Waals surface area contributed by atoms with Gasteiger partial charge in [-0.25, -0.2) is 9.59 Å². The van der Waals surface area contributed by atoms with Crippen molar-refractivity contribution in [1.82, 2.24) is 0 Å². The summed E-state index contributed by atoms with van der Waals surface area (Å²) in [6.07, 6.45) is 4.18. The van der Waals surface area contributed by atoms with Gasteiger partial charge in [0.15, 0.2) is 0 Å². The number of hydrogen-bond acceptors (Lipinski definition) is 6. The molecule has 2 aliphatic rings. The molecule has 0 aliphatic carbocycles. The normalized spacial score (nSPS) is 18.0. The fourth-order valence-corrected chi connectivity index (χ4v) is 7.52. The molecule has 0 radical (unpaired) electrons. The van der Waals surface area contributed by atoms with E-state index < -0.39 is 11.9 Å². The monoisotopic (exact) mass is 708 g/mol. The smallest absolute Gasteiger partial charge is 0.332 e. The van der Waals surface area contributed by atoms with E-state index in [-0.39, 0.29) is 0 Å². The summed E-state index contributed by atoms with van der Waals surface area (Å²) in [4.78, 5) is 31.0. The zero-order valence-corrected chi connectivity index (χ0v) is 31.6. The van der Waals surface area contributed by atoms with Gasteiger partial charge in [-0.1, -0.05) is 83.5 Å². The van der Waals surface area contributed by atoms with Crippen molar-refractivity contribution in [2.24, 2.45) is 11.8 Å². The molecule has 52 heavy (non-hydrogen) atoms. The highest BCUT2D eigenvalue weighted by Gasteiger charge is 2.30. The molecule has 2 aliphatic heterocycles. The largest absolute Gasteiger partial charge is 0.491 e. The van der Waals surface area contributed by atoms with Gasteiger partial charge in [0, 0.05) is 83.1 Å². The van der Waals surface area contributed by atoms with Crippen molar-refractivity contribution >= 4 is 34.5 Å². The second-order valence-corrected chi connectivity index (χ2v) is 14.8. The number of ether oxygens (including phenoxy) is 2. The molecule has 0 amide bonds. The number of carboxylic acid groups (broad SMARTS) is 2. The van der Waals surface area contributed by atoms with Crippen LogP contribution in [-0.2, 0) is 14.3 Å². The first-order chi connectivity index (χ1) is 25.1. The zero-order chi connectivity index (χ0) is 37.2. The topological polar surface area (TPSA) is 99.5 Å². The number of rotatable bonds is 15. The summed E-state index contributed by atoms with van der Waals surface area (Å²) in [5.74, 6) is -0.541. The van der Waals surface area contributed by atoms with Crippen LogP contribution in [0, 0.1) is 11.8 Å². The SMILES string of the molecule is CCCCOCCOc1ccc(/C2=C(\C(=O)O)CCCN(CC(C)C)c3ccccc32)cc1/C1=C(\C(=O)O)CCCN(CC(C)C)c2ccccc21. The maximum Gasteiger partial charge on any atom is 0.332 e. The van der Waals surface area contributed by atoms with E-state index in [0.717, 1.165) is 61.5 Å². The molecule has 0 spiro atoms. The number of hydrogen-bond donors (Lipinski definition) is 2. The predicted molar refractivity (Wildman–Crippen MR) is 210 cm³/mol. The number of unbranched alkanes of at least 4 members (excludes halogenated alkanes) is 1. The van der Waals surface area contributed by atoms with E-state index >= 15 is 0 Å². The molecule has 2 heterocycles. The number of benzene rings is 3. The van der Waals surface area contributed by atoms with E-state index in [4.69, 9.17) is 9.47 Å². The van der Waals surface area contributed by atoms with E-state index in [1.807, 2.05) is 54.6 Å². The third-order valence-corrected chi connectivity index (χ3v) is 9.69. The van der Waals surface area contributed by atoms with E-state index in [2.05, 4.69) is 56.6 Å². The van der Waals surface area contributed by atoms with Gasteiger partial charge in [-0.3, -0.25) is 0 Å². The Hall–Kier alpha value is -4.56. The Morgan fingerprint density at radius 1 is 0.692 bits per heavy atom. The second-order valence-electron chi connectivity index (χ2n) is 14.8. The average Bonchev–Trinajstić information content (AvgIpc) is 3.10. The maximum absolute atomic E-state index is 13.2. The molecule has 0 aromatic heterocycles. The van der Waals surface area contributed by atoms with Crippen molar-refractivity contribution in [1.29, 1.82) is 0 Å². The van der Waals surface area contributed by atoms with Crippen LogP contribution >= 0.6 is 0 Å². The fourth-order valence-electron chi connectivity index (χ4n) is 7.52. The van der Waals surface area contributed by atoms with Gasteiger partial charge < -0.3 is 29.5 Å². The van der Waals surface area contributed by atoms with Crippen LogP contribution in [-0.4, -0.2) is 68.2 Å². The molecule has 0 saturated heterocycles. The van der Waals surface area contributed by atoms with Crippen molar-refractivity contribution in [3.63, 3.8) is 0 Å². The minimum absolute atomic E-state index is 0.295. The Balaban J connectivity index is 1.77. The lowest BCUT2D eigenvalue weighted by atomic mass is 9.83. The molecule has 8 heteroatoms. The van der Waals surface area contributed by atoms with Gasteiger partial charge in [-0.2, -0.15) is 0 Å². The first-order valence-corrected chi connectivity index (χ1v) is 19.1. The minimum Gasteiger partial charge on any atom is -0.491 e. The van der Waals surface area contributed by atoms with Crippen LogP contribution in [0.5, 0.6) is 5.75 Å². The molecule has 0 fully saturated rings. The Kier molecular flexibility index (Phi) is 13.6. The Morgan fingerprint density at radius 2 is 1.23 bits per heavy atom. The molecule has 278 valence electrons. The molecule has 3 aromatic carbocycles. The van der Waals surface area contributed by atoms with E-state index in [9.17, 15) is 19.8 Å². The summed E-state index contributed by atoms with van der Waals surface area (Å²) in [7, 11) is 0. The number of carbonyl (C=O) groups is 2. The molecule has 5 rings (SSSR count). The van der Waals surface area contributed by atoms with Gasteiger partial charge in [0.1, 0.15) is 12.4 Å². The third-order valence-electron chi connectivity index (χ3n) is 9.69. The standard InChI is InChI=1S/C44H56N2O6/c1-6-7-24-51-25-26-52-40-21-20-32(41-33-14-8-10-18-38(33)45(28-30(2)3)22-12-16-35(41)43(47)48)27-37(40)42-34-15-9-11-19-39(34)46(29-31(4)5)23-13-17-36(42)44(49)50/h8-11,14-15,18-21,27,30-31H,6-7,12-13,16-17,22-26,28-29H2,1-5H3,(H,47,48)(H,49,50)/b41-35+,42-36-. The summed E-state index contributed by atoms with van der Waals surface area (Å²) in [6, 6.07) is 21.9. The maximum atomic E-state index is 13.2. The second kappa shape index (κ2) is 18.3. The number of para-hydroxylation sites is 2. The minimum atomic E-state index is -0.965. The van der Waals surface area contributed by atoms with Gasteiger partial charge >= 0.3 is 11.9 Å². The van der Waals surface area contributed by atoms with Crippen molar-refractivity contribution in [3.05, 3.63) is 100 Å². The van der Waals surface area contributed by atoms with Crippen LogP contribution < -0.4 is 14.5 Å². The number of aliphatic carboxylic acids is 2. The molecule has 2 N–H and O–H groups in total. The summed E-state index contributed by atoms with van der Waals surface area (Å²) < 4.78 is 12.3. The van der Waals surface area contributed by atoms with Crippen molar-refractivity contribution in [2.45, 2.75) is 73.1 Å². The third kappa shape index (κ3) is 9.26. The lowest BCUT2D eigenvalue weighted by Crippen LogP contribution is -2.31. The molecule has 0 unspecified atom stereocenters. The average molecular weight is 709 g/mol. The fraction of sp³-hybridized carbons (Fsp3) is 0.455.